The molecular formula is C16H18BrN3O2. The number of nitrogens with zero attached hydrogens (tertiary/aromatic N) is 1. The molecule has 0 spiro atoms. The van der Waals surface area contributed by atoms with Crippen LogP contribution in [0, 0.1) is 0 Å². The summed E-state index contributed by atoms with van der Waals surface area (Å²) in [6.07, 6.45) is 2.43. The van der Waals surface area contributed by atoms with Gasteiger partial charge in [0.25, 0.3) is 5.91 Å². The van der Waals surface area contributed by atoms with Gasteiger partial charge < -0.3 is 4.57 Å². The first kappa shape index (κ1) is 16.3. The highest BCUT2D eigenvalue weighted by Gasteiger charge is 2.19. The molecule has 1 atom stereocenters. The summed E-state index contributed by atoms with van der Waals surface area (Å²) in [4.78, 5) is 24.3. The summed E-state index contributed by atoms with van der Waals surface area (Å²) < 4.78 is 2.49. The summed E-state index contributed by atoms with van der Waals surface area (Å²) in [5, 5.41) is 0. The van der Waals surface area contributed by atoms with E-state index in [1.54, 1.807) is 23.9 Å². The molecule has 2 aromatic rings. The lowest BCUT2D eigenvalue weighted by molar-refractivity contribution is -0.123. The molecule has 1 unspecified atom stereocenters. The molecule has 1 heterocycles. The molecule has 0 aliphatic rings. The van der Waals surface area contributed by atoms with E-state index in [4.69, 9.17) is 0 Å². The number of aryl methyl sites for hydroxylation is 1. The molecule has 0 saturated carbocycles. The third-order valence-electron chi connectivity index (χ3n) is 3.43. The second-order valence-electron chi connectivity index (χ2n) is 4.97. The zero-order valence-electron chi connectivity index (χ0n) is 12.5. The van der Waals surface area contributed by atoms with Crippen molar-refractivity contribution in [3.63, 3.8) is 0 Å². The fourth-order valence-corrected chi connectivity index (χ4v) is 2.80. The van der Waals surface area contributed by atoms with Crippen LogP contribution in [0.4, 0.5) is 0 Å². The average Bonchev–Trinajstić information content (AvgIpc) is 2.85. The van der Waals surface area contributed by atoms with E-state index in [9.17, 15) is 9.59 Å². The van der Waals surface area contributed by atoms with Crippen molar-refractivity contribution in [3.8, 4) is 0 Å². The van der Waals surface area contributed by atoms with Crippen molar-refractivity contribution in [1.82, 2.24) is 15.4 Å². The maximum absolute atomic E-state index is 12.3. The largest absolute Gasteiger partial charge is 0.345 e. The lowest BCUT2D eigenvalue weighted by Gasteiger charge is -2.16. The van der Waals surface area contributed by atoms with E-state index in [1.165, 1.54) is 0 Å². The number of carbonyl (C=O) groups excluding carboxylic acids is 2. The predicted octanol–water partition coefficient (Wildman–Crippen LogP) is 2.74. The Kier molecular flexibility index (Phi) is 5.38. The van der Waals surface area contributed by atoms with Gasteiger partial charge in [0.1, 0.15) is 5.69 Å². The number of hydrogen-bond donors (Lipinski definition) is 2. The molecule has 22 heavy (non-hydrogen) atoms. The third kappa shape index (κ3) is 3.76. The van der Waals surface area contributed by atoms with E-state index in [0.29, 0.717) is 12.1 Å². The highest BCUT2D eigenvalue weighted by Crippen LogP contribution is 2.19. The second-order valence-corrected chi connectivity index (χ2v) is 5.89. The Morgan fingerprint density at radius 1 is 1.23 bits per heavy atom. The average molecular weight is 364 g/mol. The van der Waals surface area contributed by atoms with Gasteiger partial charge in [0.15, 0.2) is 0 Å². The standard InChI is InChI=1S/C16H18BrN3O2/c1-3-13(11-7-5-4-6-8-11)15(21)18-19-16(22)14-9-12(17)10-20(14)2/h4-10,13H,3H2,1-2H3,(H,18,21)(H,19,22). The van der Waals surface area contributed by atoms with Crippen LogP contribution in [-0.2, 0) is 11.8 Å². The molecule has 0 bridgehead atoms. The monoisotopic (exact) mass is 363 g/mol. The van der Waals surface area contributed by atoms with Gasteiger partial charge in [-0.05, 0) is 34.0 Å². The molecule has 6 heteroatoms. The van der Waals surface area contributed by atoms with Crippen LogP contribution in [0.1, 0.15) is 35.3 Å². The first-order valence-corrected chi connectivity index (χ1v) is 7.79. The van der Waals surface area contributed by atoms with Crippen molar-refractivity contribution in [3.05, 3.63) is 58.3 Å². The van der Waals surface area contributed by atoms with Crippen LogP contribution in [-0.4, -0.2) is 16.4 Å². The van der Waals surface area contributed by atoms with Gasteiger partial charge >= 0.3 is 0 Å². The smallest absolute Gasteiger partial charge is 0.286 e. The Morgan fingerprint density at radius 3 is 2.45 bits per heavy atom. The van der Waals surface area contributed by atoms with E-state index in [1.807, 2.05) is 37.3 Å². The van der Waals surface area contributed by atoms with E-state index in [-0.39, 0.29) is 17.7 Å². The number of amides is 2. The molecule has 0 radical (unpaired) electrons. The Labute approximate surface area is 137 Å². The van der Waals surface area contributed by atoms with Crippen molar-refractivity contribution in [2.45, 2.75) is 19.3 Å². The topological polar surface area (TPSA) is 63.1 Å². The number of hydrogen-bond acceptors (Lipinski definition) is 2. The van der Waals surface area contributed by atoms with Crippen LogP contribution in [0.15, 0.2) is 47.1 Å². The highest BCUT2D eigenvalue weighted by atomic mass is 79.9. The lowest BCUT2D eigenvalue weighted by atomic mass is 9.96. The van der Waals surface area contributed by atoms with Crippen LogP contribution in [0.25, 0.3) is 0 Å². The van der Waals surface area contributed by atoms with Gasteiger partial charge in [-0.15, -0.1) is 0 Å². The number of halogens is 1. The highest BCUT2D eigenvalue weighted by molar-refractivity contribution is 9.10. The Morgan fingerprint density at radius 2 is 1.91 bits per heavy atom. The van der Waals surface area contributed by atoms with Gasteiger partial charge in [0.05, 0.1) is 5.92 Å². The zero-order valence-corrected chi connectivity index (χ0v) is 14.1. The first-order chi connectivity index (χ1) is 10.5. The minimum absolute atomic E-state index is 0.227. The van der Waals surface area contributed by atoms with Crippen molar-refractivity contribution >= 4 is 27.7 Å². The van der Waals surface area contributed by atoms with Crippen LogP contribution in [0.2, 0.25) is 0 Å². The van der Waals surface area contributed by atoms with Gasteiger partial charge in [0, 0.05) is 17.7 Å². The lowest BCUT2D eigenvalue weighted by Crippen LogP contribution is -2.44. The maximum Gasteiger partial charge on any atom is 0.286 e. The number of carbonyl (C=O) groups is 2. The third-order valence-corrected chi connectivity index (χ3v) is 3.86. The quantitative estimate of drug-likeness (QED) is 0.820. The molecule has 2 amide bonds. The fourth-order valence-electron chi connectivity index (χ4n) is 2.28. The minimum atomic E-state index is -0.357. The van der Waals surface area contributed by atoms with Crippen molar-refractivity contribution < 1.29 is 9.59 Å². The zero-order chi connectivity index (χ0) is 16.1. The van der Waals surface area contributed by atoms with Gasteiger partial charge in [-0.3, -0.25) is 20.4 Å². The van der Waals surface area contributed by atoms with Gasteiger partial charge in [-0.25, -0.2) is 0 Å². The normalized spacial score (nSPS) is 11.8. The Hall–Kier alpha value is -2.08. The van der Waals surface area contributed by atoms with Crippen molar-refractivity contribution in [1.29, 1.82) is 0 Å². The minimum Gasteiger partial charge on any atom is -0.345 e. The van der Waals surface area contributed by atoms with Gasteiger partial charge in [0.2, 0.25) is 5.91 Å². The second kappa shape index (κ2) is 7.26. The molecule has 0 aliphatic carbocycles. The van der Waals surface area contributed by atoms with Crippen LogP contribution in [0.3, 0.4) is 0 Å². The number of aromatic nitrogens is 1. The van der Waals surface area contributed by atoms with Crippen LogP contribution >= 0.6 is 15.9 Å². The number of rotatable bonds is 4. The van der Waals surface area contributed by atoms with Crippen LogP contribution < -0.4 is 10.9 Å². The molecular weight excluding hydrogens is 346 g/mol. The summed E-state index contributed by atoms with van der Waals surface area (Å²) in [5.41, 5.74) is 6.34. The maximum atomic E-state index is 12.3. The number of benzene rings is 1. The number of nitrogens with one attached hydrogen (secondary N) is 2. The molecule has 0 aliphatic heterocycles. The SMILES string of the molecule is CCC(C(=O)NNC(=O)c1cc(Br)cn1C)c1ccccc1. The molecule has 0 saturated heterocycles. The van der Waals surface area contributed by atoms with E-state index < -0.39 is 0 Å². The van der Waals surface area contributed by atoms with E-state index >= 15 is 0 Å². The molecule has 116 valence electrons. The fraction of sp³-hybridized carbons (Fsp3) is 0.250. The van der Waals surface area contributed by atoms with Gasteiger partial charge in [-0.2, -0.15) is 0 Å². The Balaban J connectivity index is 2.00. The summed E-state index contributed by atoms with van der Waals surface area (Å²) in [5.74, 6) is -0.874. The van der Waals surface area contributed by atoms with Crippen LogP contribution in [0.5, 0.6) is 0 Å². The van der Waals surface area contributed by atoms with Crippen molar-refractivity contribution in [2.24, 2.45) is 7.05 Å². The molecule has 1 aromatic carbocycles. The molecule has 0 fully saturated rings. The predicted molar refractivity (Wildman–Crippen MR) is 88.2 cm³/mol. The Bertz CT molecular complexity index is 667. The van der Waals surface area contributed by atoms with E-state index in [0.717, 1.165) is 10.0 Å². The molecule has 5 nitrogen and oxygen atoms in total. The summed E-state index contributed by atoms with van der Waals surface area (Å²) in [6.45, 7) is 1.94. The van der Waals surface area contributed by atoms with Crippen molar-refractivity contribution in [2.75, 3.05) is 0 Å². The molecule has 2 N–H and O–H groups in total. The molecule has 1 aromatic heterocycles. The summed E-state index contributed by atoms with van der Waals surface area (Å²) in [6, 6.07) is 11.2. The van der Waals surface area contributed by atoms with Gasteiger partial charge in [-0.1, -0.05) is 37.3 Å². The first-order valence-electron chi connectivity index (χ1n) is 7.00. The summed E-state index contributed by atoms with van der Waals surface area (Å²) in [7, 11) is 1.76. The molecule has 2 rings (SSSR count). The number of hydrazine groups is 1. The van der Waals surface area contributed by atoms with E-state index in [2.05, 4.69) is 26.8 Å². The summed E-state index contributed by atoms with van der Waals surface area (Å²) >= 11 is 3.31.